The number of aromatic nitrogens is 1. The van der Waals surface area contributed by atoms with Gasteiger partial charge in [-0.15, -0.1) is 0 Å². The Kier molecular flexibility index (Phi) is 3.66. The van der Waals surface area contributed by atoms with Gasteiger partial charge in [-0.1, -0.05) is 0 Å². The van der Waals surface area contributed by atoms with Gasteiger partial charge in [0.05, 0.1) is 17.7 Å². The highest BCUT2D eigenvalue weighted by molar-refractivity contribution is 5.52. The molecule has 0 fully saturated rings. The van der Waals surface area contributed by atoms with E-state index in [1.807, 2.05) is 47.9 Å². The Morgan fingerprint density at radius 3 is 2.47 bits per heavy atom. The molecule has 5 nitrogen and oxygen atoms in total. The van der Waals surface area contributed by atoms with Crippen LogP contribution in [0.3, 0.4) is 0 Å². The van der Waals surface area contributed by atoms with E-state index in [-0.39, 0.29) is 0 Å². The number of methoxy groups -OCH3 is 1. The van der Waals surface area contributed by atoms with E-state index in [2.05, 4.69) is 0 Å². The predicted molar refractivity (Wildman–Crippen MR) is 73.1 cm³/mol. The minimum atomic E-state index is -0.472. The molecule has 98 valence electrons. The molecule has 2 rings (SSSR count). The number of benzene rings is 1. The van der Waals surface area contributed by atoms with E-state index >= 15 is 0 Å². The summed E-state index contributed by atoms with van der Waals surface area (Å²) in [7, 11) is 1.61. The van der Waals surface area contributed by atoms with Gasteiger partial charge in [-0.2, -0.15) is 0 Å². The van der Waals surface area contributed by atoms with E-state index in [4.69, 9.17) is 4.74 Å². The lowest BCUT2D eigenvalue weighted by molar-refractivity contribution is -0.401. The van der Waals surface area contributed by atoms with Gasteiger partial charge < -0.3 is 9.30 Å². The van der Waals surface area contributed by atoms with Crippen LogP contribution in [-0.4, -0.2) is 16.6 Å². The van der Waals surface area contributed by atoms with E-state index in [0.29, 0.717) is 0 Å². The fourth-order valence-electron chi connectivity index (χ4n) is 1.91. The number of hydrogen-bond acceptors (Lipinski definition) is 3. The van der Waals surface area contributed by atoms with Crippen molar-refractivity contribution in [2.24, 2.45) is 0 Å². The molecule has 1 heterocycles. The average Bonchev–Trinajstić information content (AvgIpc) is 2.78. The van der Waals surface area contributed by atoms with Crippen molar-refractivity contribution in [1.82, 2.24) is 4.57 Å². The van der Waals surface area contributed by atoms with Crippen LogP contribution in [0.15, 0.2) is 42.6 Å². The van der Waals surface area contributed by atoms with Gasteiger partial charge in [-0.05, 0) is 43.3 Å². The van der Waals surface area contributed by atoms with Gasteiger partial charge in [-0.3, -0.25) is 10.1 Å². The summed E-state index contributed by atoms with van der Waals surface area (Å²) in [6, 6.07) is 11.3. The quantitative estimate of drug-likeness (QED) is 0.625. The largest absolute Gasteiger partial charge is 0.497 e. The van der Waals surface area contributed by atoms with Crippen molar-refractivity contribution in [1.29, 1.82) is 0 Å². The van der Waals surface area contributed by atoms with Crippen molar-refractivity contribution in [3.8, 4) is 11.4 Å². The Balaban J connectivity index is 2.42. The number of nitrogens with zero attached hydrogens (tertiary/aromatic N) is 2. The Morgan fingerprint density at radius 2 is 1.89 bits per heavy atom. The van der Waals surface area contributed by atoms with Crippen LogP contribution in [0.25, 0.3) is 11.8 Å². The third-order valence-corrected chi connectivity index (χ3v) is 2.80. The number of hydrogen-bond donors (Lipinski definition) is 0. The maximum Gasteiger partial charge on any atom is 0.236 e. The monoisotopic (exact) mass is 258 g/mol. The molecule has 0 atom stereocenters. The van der Waals surface area contributed by atoms with Gasteiger partial charge in [0.1, 0.15) is 5.75 Å². The number of nitro groups is 1. The molecule has 0 saturated carbocycles. The third-order valence-electron chi connectivity index (χ3n) is 2.80. The van der Waals surface area contributed by atoms with Gasteiger partial charge in [0.25, 0.3) is 0 Å². The first kappa shape index (κ1) is 12.9. The Morgan fingerprint density at radius 1 is 1.21 bits per heavy atom. The molecule has 0 radical (unpaired) electrons. The Labute approximate surface area is 110 Å². The molecule has 0 amide bonds. The first-order valence-electron chi connectivity index (χ1n) is 5.76. The summed E-state index contributed by atoms with van der Waals surface area (Å²) in [5, 5.41) is 10.4. The van der Waals surface area contributed by atoms with Gasteiger partial charge in [0.15, 0.2) is 0 Å². The summed E-state index contributed by atoms with van der Waals surface area (Å²) in [6.45, 7) is 1.95. The zero-order valence-electron chi connectivity index (χ0n) is 10.7. The molecule has 0 saturated heterocycles. The Bertz CT molecular complexity index is 612. The lowest BCUT2D eigenvalue weighted by Crippen LogP contribution is -1.99. The summed E-state index contributed by atoms with van der Waals surface area (Å²) < 4.78 is 7.06. The van der Waals surface area contributed by atoms with Gasteiger partial charge in [-0.25, -0.2) is 0 Å². The number of ether oxygens (including phenoxy) is 1. The highest BCUT2D eigenvalue weighted by Gasteiger charge is 2.06. The molecule has 1 aromatic heterocycles. The zero-order valence-corrected chi connectivity index (χ0v) is 10.7. The van der Waals surface area contributed by atoms with E-state index in [9.17, 15) is 10.1 Å². The Hall–Kier alpha value is -2.56. The summed E-state index contributed by atoms with van der Waals surface area (Å²) in [5.41, 5.74) is 2.71. The number of aryl methyl sites for hydroxylation is 1. The first-order chi connectivity index (χ1) is 9.11. The van der Waals surface area contributed by atoms with Crippen LogP contribution in [-0.2, 0) is 0 Å². The highest BCUT2D eigenvalue weighted by Crippen LogP contribution is 2.20. The summed E-state index contributed by atoms with van der Waals surface area (Å²) in [5.74, 6) is 0.774. The second-order valence-corrected chi connectivity index (χ2v) is 4.03. The van der Waals surface area contributed by atoms with Crippen molar-refractivity contribution in [3.63, 3.8) is 0 Å². The van der Waals surface area contributed by atoms with E-state index in [0.717, 1.165) is 29.0 Å². The fraction of sp³-hybridized carbons (Fsp3) is 0.143. The molecular weight excluding hydrogens is 244 g/mol. The molecule has 5 heteroatoms. The summed E-state index contributed by atoms with van der Waals surface area (Å²) in [4.78, 5) is 9.93. The molecule has 0 aliphatic rings. The van der Waals surface area contributed by atoms with Crippen LogP contribution < -0.4 is 4.74 Å². The molecule has 0 spiro atoms. The minimum absolute atomic E-state index is 0.472. The maximum absolute atomic E-state index is 10.4. The number of rotatable bonds is 4. The summed E-state index contributed by atoms with van der Waals surface area (Å²) in [6.07, 6.45) is 2.42. The maximum atomic E-state index is 10.4. The van der Waals surface area contributed by atoms with E-state index in [1.165, 1.54) is 6.08 Å². The molecule has 0 bridgehead atoms. The summed E-state index contributed by atoms with van der Waals surface area (Å²) >= 11 is 0. The molecule has 0 aliphatic heterocycles. The average molecular weight is 258 g/mol. The first-order valence-corrected chi connectivity index (χ1v) is 5.76. The van der Waals surface area contributed by atoms with Crippen molar-refractivity contribution in [2.75, 3.05) is 7.11 Å². The van der Waals surface area contributed by atoms with Crippen molar-refractivity contribution in [3.05, 3.63) is 64.1 Å². The fourth-order valence-corrected chi connectivity index (χ4v) is 1.91. The lowest BCUT2D eigenvalue weighted by atomic mass is 10.3. The van der Waals surface area contributed by atoms with Crippen molar-refractivity contribution < 1.29 is 9.66 Å². The predicted octanol–water partition coefficient (Wildman–Crippen LogP) is 3.04. The molecule has 0 aliphatic carbocycles. The van der Waals surface area contributed by atoms with Crippen LogP contribution in [0.1, 0.15) is 11.4 Å². The molecule has 19 heavy (non-hydrogen) atoms. The highest BCUT2D eigenvalue weighted by atomic mass is 16.6. The topological polar surface area (TPSA) is 57.3 Å². The SMILES string of the molecule is COc1ccc(-n2c(C)ccc2/C=C\[N+](=O)[O-])cc1. The second-order valence-electron chi connectivity index (χ2n) is 4.03. The van der Waals surface area contributed by atoms with Crippen molar-refractivity contribution >= 4 is 6.08 Å². The molecule has 0 N–H and O–H groups in total. The lowest BCUT2D eigenvalue weighted by Gasteiger charge is -2.10. The van der Waals surface area contributed by atoms with Crippen molar-refractivity contribution in [2.45, 2.75) is 6.92 Å². The van der Waals surface area contributed by atoms with Crippen LogP contribution in [0, 0.1) is 17.0 Å². The van der Waals surface area contributed by atoms with Gasteiger partial charge in [0, 0.05) is 17.5 Å². The van der Waals surface area contributed by atoms with Crippen LogP contribution in [0.4, 0.5) is 0 Å². The van der Waals surface area contributed by atoms with Gasteiger partial charge >= 0.3 is 0 Å². The van der Waals surface area contributed by atoms with E-state index < -0.39 is 4.92 Å². The normalized spacial score (nSPS) is 10.8. The molecule has 2 aromatic rings. The third kappa shape index (κ3) is 2.82. The molecular formula is C14H14N2O3. The second kappa shape index (κ2) is 5.39. The standard InChI is InChI=1S/C14H14N2O3/c1-11-3-4-13(9-10-15(17)18)16(11)12-5-7-14(19-2)8-6-12/h3-10H,1-2H3/b10-9-. The van der Waals surface area contributed by atoms with Crippen LogP contribution >= 0.6 is 0 Å². The molecule has 0 unspecified atom stereocenters. The van der Waals surface area contributed by atoms with E-state index in [1.54, 1.807) is 7.11 Å². The minimum Gasteiger partial charge on any atom is -0.497 e. The van der Waals surface area contributed by atoms with Gasteiger partial charge in [0.2, 0.25) is 6.20 Å². The smallest absolute Gasteiger partial charge is 0.236 e. The van der Waals surface area contributed by atoms with Crippen LogP contribution in [0.2, 0.25) is 0 Å². The van der Waals surface area contributed by atoms with Crippen LogP contribution in [0.5, 0.6) is 5.75 Å². The zero-order chi connectivity index (χ0) is 13.8. The molecule has 1 aromatic carbocycles.